The molecule has 158 valence electrons. The zero-order valence-corrected chi connectivity index (χ0v) is 17.7. The maximum atomic E-state index is 12.9. The van der Waals surface area contributed by atoms with E-state index in [0.29, 0.717) is 17.8 Å². The zero-order chi connectivity index (χ0) is 21.6. The smallest absolute Gasteiger partial charge is 0.279 e. The molecule has 0 spiro atoms. The summed E-state index contributed by atoms with van der Waals surface area (Å²) in [5, 5.41) is 5.98. The van der Waals surface area contributed by atoms with Crippen LogP contribution in [0.5, 0.6) is 0 Å². The number of hydrogen-bond donors (Lipinski definition) is 3. The minimum Gasteiger partial charge on any atom is -0.345 e. The van der Waals surface area contributed by atoms with Gasteiger partial charge in [-0.15, -0.1) is 0 Å². The molecule has 1 heterocycles. The first-order chi connectivity index (χ1) is 15.1. The van der Waals surface area contributed by atoms with Gasteiger partial charge < -0.3 is 15.5 Å². The van der Waals surface area contributed by atoms with Crippen LogP contribution in [0.4, 0.5) is 5.69 Å². The summed E-state index contributed by atoms with van der Waals surface area (Å²) in [7, 11) is 0. The van der Waals surface area contributed by atoms with Crippen LogP contribution in [0.25, 0.3) is 0 Å². The molecule has 0 saturated heterocycles. The molecule has 0 fully saturated rings. The average molecular weight is 415 g/mol. The van der Waals surface area contributed by atoms with Gasteiger partial charge in [-0.1, -0.05) is 66.7 Å². The van der Waals surface area contributed by atoms with Gasteiger partial charge in [-0.2, -0.15) is 0 Å². The molecular formula is C26H28N3O2+. The van der Waals surface area contributed by atoms with Crippen molar-refractivity contribution in [3.05, 3.63) is 101 Å². The summed E-state index contributed by atoms with van der Waals surface area (Å²) >= 11 is 0. The fourth-order valence-corrected chi connectivity index (χ4v) is 4.10. The first-order valence-corrected chi connectivity index (χ1v) is 10.7. The van der Waals surface area contributed by atoms with Crippen LogP contribution in [0, 0.1) is 0 Å². The molecule has 31 heavy (non-hydrogen) atoms. The van der Waals surface area contributed by atoms with Crippen molar-refractivity contribution in [2.75, 3.05) is 18.4 Å². The molecule has 4 rings (SSSR count). The Kier molecular flexibility index (Phi) is 6.43. The second kappa shape index (κ2) is 9.58. The van der Waals surface area contributed by atoms with Crippen LogP contribution in [0.3, 0.4) is 0 Å². The second-order valence-corrected chi connectivity index (χ2v) is 8.07. The second-order valence-electron chi connectivity index (χ2n) is 8.07. The molecule has 1 aliphatic heterocycles. The Labute approximate surface area is 183 Å². The summed E-state index contributed by atoms with van der Waals surface area (Å²) in [6, 6.07) is 25.3. The van der Waals surface area contributed by atoms with Gasteiger partial charge in [0.2, 0.25) is 0 Å². The maximum absolute atomic E-state index is 12.9. The highest BCUT2D eigenvalue weighted by molar-refractivity contribution is 6.04. The first kappa shape index (κ1) is 20.8. The zero-order valence-electron chi connectivity index (χ0n) is 17.7. The monoisotopic (exact) mass is 414 g/mol. The number of carbonyl (C=O) groups is 2. The Bertz CT molecular complexity index is 1070. The van der Waals surface area contributed by atoms with Gasteiger partial charge in [0.15, 0.2) is 6.54 Å². The van der Waals surface area contributed by atoms with Crippen molar-refractivity contribution in [1.29, 1.82) is 0 Å². The molecule has 5 nitrogen and oxygen atoms in total. The van der Waals surface area contributed by atoms with Crippen LogP contribution in [-0.2, 0) is 17.8 Å². The van der Waals surface area contributed by atoms with Crippen molar-refractivity contribution in [1.82, 2.24) is 5.32 Å². The lowest BCUT2D eigenvalue weighted by atomic mass is 10.00. The lowest BCUT2D eigenvalue weighted by Gasteiger charge is -2.25. The third-order valence-electron chi connectivity index (χ3n) is 5.81. The predicted molar refractivity (Wildman–Crippen MR) is 122 cm³/mol. The van der Waals surface area contributed by atoms with Crippen LogP contribution in [0.2, 0.25) is 0 Å². The fourth-order valence-electron chi connectivity index (χ4n) is 4.10. The van der Waals surface area contributed by atoms with Crippen molar-refractivity contribution in [2.24, 2.45) is 0 Å². The van der Waals surface area contributed by atoms with E-state index in [2.05, 4.69) is 28.8 Å². The van der Waals surface area contributed by atoms with Crippen molar-refractivity contribution >= 4 is 17.5 Å². The molecule has 3 aromatic rings. The molecule has 0 bridgehead atoms. The molecule has 1 unspecified atom stereocenters. The highest BCUT2D eigenvalue weighted by atomic mass is 16.2. The van der Waals surface area contributed by atoms with E-state index in [-0.39, 0.29) is 17.9 Å². The summed E-state index contributed by atoms with van der Waals surface area (Å²) in [5.74, 6) is -0.280. The third kappa shape index (κ3) is 5.19. The number of benzene rings is 3. The molecular weight excluding hydrogens is 386 g/mol. The van der Waals surface area contributed by atoms with Crippen molar-refractivity contribution < 1.29 is 14.5 Å². The highest BCUT2D eigenvalue weighted by Gasteiger charge is 2.22. The van der Waals surface area contributed by atoms with Gasteiger partial charge >= 0.3 is 0 Å². The lowest BCUT2D eigenvalue weighted by Crippen LogP contribution is -3.12. The number of carbonyl (C=O) groups excluding carboxylic acids is 2. The minimum atomic E-state index is -0.202. The fraction of sp³-hybridized carbons (Fsp3) is 0.231. The number of rotatable bonds is 6. The average Bonchev–Trinajstić information content (AvgIpc) is 2.79. The summed E-state index contributed by atoms with van der Waals surface area (Å²) in [4.78, 5) is 26.9. The van der Waals surface area contributed by atoms with Crippen LogP contribution in [-0.4, -0.2) is 24.9 Å². The van der Waals surface area contributed by atoms with Gasteiger partial charge in [-0.05, 0) is 30.2 Å². The van der Waals surface area contributed by atoms with Gasteiger partial charge in [0, 0.05) is 12.0 Å². The van der Waals surface area contributed by atoms with Crippen LogP contribution < -0.4 is 15.5 Å². The van der Waals surface area contributed by atoms with Gasteiger partial charge in [-0.3, -0.25) is 9.59 Å². The van der Waals surface area contributed by atoms with Crippen LogP contribution >= 0.6 is 0 Å². The van der Waals surface area contributed by atoms with E-state index in [0.717, 1.165) is 25.1 Å². The lowest BCUT2D eigenvalue weighted by molar-refractivity contribution is -0.907. The number of hydrogen-bond acceptors (Lipinski definition) is 2. The standard InChI is InChI=1S/C26H27N3O2/c1-19(20-9-3-2-4-10-20)27-26(31)23-13-7-8-14-24(23)28-25(30)18-29-16-15-21-11-5-6-12-22(21)17-29/h2-14,19H,15-18H2,1H3,(H,27,31)(H,28,30)/p+1/t19-/m1/s1. The molecule has 3 aromatic carbocycles. The van der Waals surface area contributed by atoms with E-state index in [1.165, 1.54) is 16.0 Å². The Morgan fingerprint density at radius 3 is 2.39 bits per heavy atom. The van der Waals surface area contributed by atoms with Gasteiger partial charge in [-0.25, -0.2) is 0 Å². The molecule has 0 saturated carbocycles. The Morgan fingerprint density at radius 1 is 0.903 bits per heavy atom. The molecule has 2 amide bonds. The molecule has 0 aromatic heterocycles. The number of para-hydroxylation sites is 1. The number of nitrogens with one attached hydrogen (secondary N) is 3. The Balaban J connectivity index is 1.39. The van der Waals surface area contributed by atoms with Gasteiger partial charge in [0.1, 0.15) is 6.54 Å². The summed E-state index contributed by atoms with van der Waals surface area (Å²) in [5.41, 5.74) is 4.73. The quantitative estimate of drug-likeness (QED) is 0.581. The topological polar surface area (TPSA) is 62.6 Å². The minimum absolute atomic E-state index is 0.0780. The van der Waals surface area contributed by atoms with Crippen molar-refractivity contribution in [2.45, 2.75) is 25.9 Å². The summed E-state index contributed by atoms with van der Waals surface area (Å²) in [6.07, 6.45) is 0.981. The van der Waals surface area contributed by atoms with Crippen LogP contribution in [0.1, 0.15) is 40.0 Å². The molecule has 2 atom stereocenters. The molecule has 3 N–H and O–H groups in total. The first-order valence-electron chi connectivity index (χ1n) is 10.7. The van der Waals surface area contributed by atoms with Crippen molar-refractivity contribution in [3.8, 4) is 0 Å². The van der Waals surface area contributed by atoms with Gasteiger partial charge in [0.05, 0.1) is 23.8 Å². The van der Waals surface area contributed by atoms with E-state index in [4.69, 9.17) is 0 Å². The normalized spacial score (nSPS) is 16.1. The number of amides is 2. The molecule has 0 aliphatic carbocycles. The Hall–Kier alpha value is -3.44. The van der Waals surface area contributed by atoms with E-state index in [1.54, 1.807) is 12.1 Å². The van der Waals surface area contributed by atoms with E-state index < -0.39 is 0 Å². The van der Waals surface area contributed by atoms with E-state index in [9.17, 15) is 9.59 Å². The Morgan fingerprint density at radius 2 is 1.58 bits per heavy atom. The molecule has 5 heteroatoms. The van der Waals surface area contributed by atoms with Crippen LogP contribution in [0.15, 0.2) is 78.9 Å². The highest BCUT2D eigenvalue weighted by Crippen LogP contribution is 2.18. The number of quaternary nitrogens is 1. The maximum Gasteiger partial charge on any atom is 0.279 e. The van der Waals surface area contributed by atoms with E-state index in [1.807, 2.05) is 55.5 Å². The summed E-state index contributed by atoms with van der Waals surface area (Å²) in [6.45, 7) is 4.11. The van der Waals surface area contributed by atoms with E-state index >= 15 is 0 Å². The SMILES string of the molecule is C[C@@H](NC(=O)c1ccccc1NC(=O)C[NH+]1CCc2ccccc2C1)c1ccccc1. The summed E-state index contributed by atoms with van der Waals surface area (Å²) < 4.78 is 0. The molecule has 0 radical (unpaired) electrons. The van der Waals surface area contributed by atoms with Crippen molar-refractivity contribution in [3.63, 3.8) is 0 Å². The number of fused-ring (bicyclic) bond motifs is 1. The molecule has 1 aliphatic rings. The number of anilines is 1. The predicted octanol–water partition coefficient (Wildman–Crippen LogP) is 2.76. The third-order valence-corrected chi connectivity index (χ3v) is 5.81. The largest absolute Gasteiger partial charge is 0.345 e. The van der Waals surface area contributed by atoms with Gasteiger partial charge in [0.25, 0.3) is 11.8 Å².